The van der Waals surface area contributed by atoms with Gasteiger partial charge in [-0.15, -0.1) is 0 Å². The third-order valence-corrected chi connectivity index (χ3v) is 4.00. The Balaban J connectivity index is 1.92. The number of carbonyl (C=O) groups excluding carboxylic acids is 1. The van der Waals surface area contributed by atoms with Crippen LogP contribution in [0.25, 0.3) is 0 Å². The van der Waals surface area contributed by atoms with Gasteiger partial charge in [-0.1, -0.05) is 23.7 Å². The maximum Gasteiger partial charge on any atom is 0.220 e. The number of hydrogen-bond donors (Lipinski definition) is 2. The second kappa shape index (κ2) is 7.42. The van der Waals surface area contributed by atoms with Crippen LogP contribution in [0.3, 0.4) is 0 Å². The minimum atomic E-state index is -0.417. The fourth-order valence-electron chi connectivity index (χ4n) is 2.23. The van der Waals surface area contributed by atoms with E-state index in [1.54, 1.807) is 35.1 Å². The zero-order valence-electron chi connectivity index (χ0n) is 12.7. The molecule has 6 heteroatoms. The first-order chi connectivity index (χ1) is 10.5. The largest absolute Gasteiger partial charge is 0.394 e. The molecule has 0 aliphatic heterocycles. The fraction of sp³-hybridized carbons (Fsp3) is 0.375. The van der Waals surface area contributed by atoms with Crippen molar-refractivity contribution in [3.8, 4) is 0 Å². The molecule has 0 aliphatic carbocycles. The molecule has 0 spiro atoms. The summed E-state index contributed by atoms with van der Waals surface area (Å²) in [7, 11) is 1.88. The molecule has 2 N–H and O–H groups in total. The van der Waals surface area contributed by atoms with Crippen molar-refractivity contribution in [1.29, 1.82) is 0 Å². The van der Waals surface area contributed by atoms with Crippen molar-refractivity contribution in [2.75, 3.05) is 6.61 Å². The molecule has 0 saturated carbocycles. The first-order valence-electron chi connectivity index (χ1n) is 7.14. The van der Waals surface area contributed by atoms with Gasteiger partial charge in [0.2, 0.25) is 5.91 Å². The molecule has 0 aliphatic rings. The third kappa shape index (κ3) is 4.08. The summed E-state index contributed by atoms with van der Waals surface area (Å²) >= 11 is 5.84. The van der Waals surface area contributed by atoms with E-state index in [9.17, 15) is 9.90 Å². The van der Waals surface area contributed by atoms with E-state index in [0.29, 0.717) is 17.9 Å². The quantitative estimate of drug-likeness (QED) is 0.857. The van der Waals surface area contributed by atoms with Crippen molar-refractivity contribution in [3.05, 3.63) is 52.3 Å². The predicted molar refractivity (Wildman–Crippen MR) is 85.7 cm³/mol. The first kappa shape index (κ1) is 16.5. The summed E-state index contributed by atoms with van der Waals surface area (Å²) in [5.41, 5.74) is 2.95. The van der Waals surface area contributed by atoms with Gasteiger partial charge in [-0.05, 0) is 36.6 Å². The lowest BCUT2D eigenvalue weighted by molar-refractivity contribution is -0.122. The van der Waals surface area contributed by atoms with Crippen molar-refractivity contribution < 1.29 is 9.90 Å². The van der Waals surface area contributed by atoms with E-state index in [-0.39, 0.29) is 12.5 Å². The summed E-state index contributed by atoms with van der Waals surface area (Å²) in [6.45, 7) is 1.82. The molecular formula is C16H20ClN3O2. The van der Waals surface area contributed by atoms with Crippen molar-refractivity contribution in [1.82, 2.24) is 15.1 Å². The van der Waals surface area contributed by atoms with Gasteiger partial charge in [0.15, 0.2) is 0 Å². The van der Waals surface area contributed by atoms with Crippen molar-refractivity contribution in [2.45, 2.75) is 25.8 Å². The smallest absolute Gasteiger partial charge is 0.220 e. The number of halogens is 1. The van der Waals surface area contributed by atoms with Crippen LogP contribution in [-0.4, -0.2) is 27.4 Å². The van der Waals surface area contributed by atoms with E-state index in [1.165, 1.54) is 0 Å². The zero-order valence-corrected chi connectivity index (χ0v) is 13.5. The molecule has 2 aromatic rings. The number of hydrogen-bond acceptors (Lipinski definition) is 3. The van der Waals surface area contributed by atoms with Crippen molar-refractivity contribution >= 4 is 17.5 Å². The molecule has 5 nitrogen and oxygen atoms in total. The minimum absolute atomic E-state index is 0.0998. The Hall–Kier alpha value is -1.85. The van der Waals surface area contributed by atoms with Crippen LogP contribution < -0.4 is 5.32 Å². The topological polar surface area (TPSA) is 67.2 Å². The molecule has 1 amide bonds. The van der Waals surface area contributed by atoms with Crippen LogP contribution in [-0.2, 0) is 18.3 Å². The Morgan fingerprint density at radius 3 is 2.64 bits per heavy atom. The number of nitrogens with zero attached hydrogens (tertiary/aromatic N) is 2. The van der Waals surface area contributed by atoms with Crippen LogP contribution in [0.2, 0.25) is 5.02 Å². The maximum absolute atomic E-state index is 12.1. The number of aliphatic hydroxyl groups excluding tert-OH is 1. The molecule has 0 bridgehead atoms. The van der Waals surface area contributed by atoms with E-state index in [1.807, 2.05) is 14.0 Å². The van der Waals surface area contributed by atoms with Crippen LogP contribution in [0.5, 0.6) is 0 Å². The number of aryl methyl sites for hydroxylation is 2. The van der Waals surface area contributed by atoms with E-state index in [4.69, 9.17) is 11.6 Å². The second-order valence-electron chi connectivity index (χ2n) is 5.23. The summed E-state index contributed by atoms with van der Waals surface area (Å²) in [5, 5.41) is 17.1. The van der Waals surface area contributed by atoms with Crippen LogP contribution in [0.15, 0.2) is 30.5 Å². The SMILES string of the molecule is Cc1c(CCC(=O)NC(CO)c2ccc(Cl)cc2)cnn1C. The Morgan fingerprint density at radius 1 is 1.41 bits per heavy atom. The molecule has 118 valence electrons. The van der Waals surface area contributed by atoms with Crippen LogP contribution in [0, 0.1) is 6.92 Å². The first-order valence-corrected chi connectivity index (χ1v) is 7.52. The number of aliphatic hydroxyl groups is 1. The molecule has 1 atom stereocenters. The molecule has 0 saturated heterocycles. The van der Waals surface area contributed by atoms with Gasteiger partial charge >= 0.3 is 0 Å². The Bertz CT molecular complexity index is 637. The number of amides is 1. The average molecular weight is 322 g/mol. The van der Waals surface area contributed by atoms with Crippen LogP contribution >= 0.6 is 11.6 Å². The van der Waals surface area contributed by atoms with Gasteiger partial charge in [0.05, 0.1) is 18.8 Å². The summed E-state index contributed by atoms with van der Waals surface area (Å²) < 4.78 is 1.79. The fourth-order valence-corrected chi connectivity index (χ4v) is 2.36. The third-order valence-electron chi connectivity index (χ3n) is 3.75. The van der Waals surface area contributed by atoms with Crippen molar-refractivity contribution in [3.63, 3.8) is 0 Å². The van der Waals surface area contributed by atoms with Crippen LogP contribution in [0.4, 0.5) is 0 Å². The van der Waals surface area contributed by atoms with E-state index in [0.717, 1.165) is 16.8 Å². The standard InChI is InChI=1S/C16H20ClN3O2/c1-11-13(9-18-20(11)2)5-8-16(22)19-15(10-21)12-3-6-14(17)7-4-12/h3-4,6-7,9,15,21H,5,8,10H2,1-2H3,(H,19,22). The molecule has 1 aromatic heterocycles. The number of benzene rings is 1. The van der Waals surface area contributed by atoms with Gasteiger partial charge in [-0.25, -0.2) is 0 Å². The molecule has 0 fully saturated rings. The lowest BCUT2D eigenvalue weighted by atomic mass is 10.1. The highest BCUT2D eigenvalue weighted by molar-refractivity contribution is 6.30. The molecule has 1 aromatic carbocycles. The molecule has 0 radical (unpaired) electrons. The number of nitrogens with one attached hydrogen (secondary N) is 1. The van der Waals surface area contributed by atoms with Crippen LogP contribution in [0.1, 0.15) is 29.3 Å². The zero-order chi connectivity index (χ0) is 16.1. The highest BCUT2D eigenvalue weighted by Gasteiger charge is 2.14. The Kier molecular flexibility index (Phi) is 5.57. The van der Waals surface area contributed by atoms with Gasteiger partial charge in [0, 0.05) is 24.2 Å². The molecule has 22 heavy (non-hydrogen) atoms. The minimum Gasteiger partial charge on any atom is -0.394 e. The summed E-state index contributed by atoms with van der Waals surface area (Å²) in [6.07, 6.45) is 2.77. The lowest BCUT2D eigenvalue weighted by Gasteiger charge is -2.16. The summed E-state index contributed by atoms with van der Waals surface area (Å²) in [6, 6.07) is 6.67. The molecule has 2 rings (SSSR count). The maximum atomic E-state index is 12.1. The predicted octanol–water partition coefficient (Wildman–Crippen LogP) is 2.16. The highest BCUT2D eigenvalue weighted by atomic mass is 35.5. The monoisotopic (exact) mass is 321 g/mol. The second-order valence-corrected chi connectivity index (χ2v) is 5.67. The summed E-state index contributed by atoms with van der Waals surface area (Å²) in [5.74, 6) is -0.0998. The van der Waals surface area contributed by atoms with Gasteiger partial charge in [-0.2, -0.15) is 5.10 Å². The van der Waals surface area contributed by atoms with Crippen molar-refractivity contribution in [2.24, 2.45) is 7.05 Å². The summed E-state index contributed by atoms with van der Waals surface area (Å²) in [4.78, 5) is 12.1. The number of aromatic nitrogens is 2. The number of rotatable bonds is 6. The van der Waals surface area contributed by atoms with E-state index in [2.05, 4.69) is 10.4 Å². The molecular weight excluding hydrogens is 302 g/mol. The lowest BCUT2D eigenvalue weighted by Crippen LogP contribution is -2.30. The molecule has 1 unspecified atom stereocenters. The Labute approximate surface area is 134 Å². The Morgan fingerprint density at radius 2 is 2.09 bits per heavy atom. The highest BCUT2D eigenvalue weighted by Crippen LogP contribution is 2.16. The van der Waals surface area contributed by atoms with Gasteiger partial charge in [0.25, 0.3) is 0 Å². The van der Waals surface area contributed by atoms with E-state index < -0.39 is 6.04 Å². The van der Waals surface area contributed by atoms with E-state index >= 15 is 0 Å². The molecule has 1 heterocycles. The van der Waals surface area contributed by atoms with Gasteiger partial charge in [-0.3, -0.25) is 9.48 Å². The number of carbonyl (C=O) groups is 1. The normalized spacial score (nSPS) is 12.2. The average Bonchev–Trinajstić information content (AvgIpc) is 2.83. The van der Waals surface area contributed by atoms with Gasteiger partial charge in [0.1, 0.15) is 0 Å². The van der Waals surface area contributed by atoms with Gasteiger partial charge < -0.3 is 10.4 Å².